The van der Waals surface area contributed by atoms with E-state index in [0.29, 0.717) is 36.7 Å². The maximum absolute atomic E-state index is 13.9. The summed E-state index contributed by atoms with van der Waals surface area (Å²) in [6.07, 6.45) is 3.38. The number of hydrogen-bond acceptors (Lipinski definition) is 9. The van der Waals surface area contributed by atoms with E-state index in [1.807, 2.05) is 12.1 Å². The Balaban J connectivity index is 1.31. The summed E-state index contributed by atoms with van der Waals surface area (Å²) >= 11 is 0. The van der Waals surface area contributed by atoms with Crippen LogP contribution in [0.25, 0.3) is 0 Å². The molecule has 5 rings (SSSR count). The monoisotopic (exact) mass is 606 g/mol. The smallest absolute Gasteiger partial charge is 0.471 e. The second-order valence-corrected chi connectivity index (χ2v) is 12.3. The average molecular weight is 607 g/mol. The molecule has 3 fully saturated rings. The van der Waals surface area contributed by atoms with Gasteiger partial charge in [0.05, 0.1) is 18.8 Å². The quantitative estimate of drug-likeness (QED) is 0.149. The molecule has 0 aromatic heterocycles. The number of benzene rings is 1. The summed E-state index contributed by atoms with van der Waals surface area (Å²) in [4.78, 5) is 76.9. The first-order chi connectivity index (χ1) is 20.1. The fourth-order valence-corrected chi connectivity index (χ4v) is 6.76. The Hall–Kier alpha value is -3.16. The molecule has 5 atom stereocenters. The number of methoxy groups -OCH3 is 1. The van der Waals surface area contributed by atoms with Crippen LogP contribution in [0.3, 0.4) is 0 Å². The van der Waals surface area contributed by atoms with E-state index in [0.717, 1.165) is 24.8 Å². The van der Waals surface area contributed by atoms with Crippen LogP contribution in [0.15, 0.2) is 23.2 Å². The van der Waals surface area contributed by atoms with Crippen molar-refractivity contribution in [3.63, 3.8) is 0 Å². The van der Waals surface area contributed by atoms with Crippen molar-refractivity contribution in [1.29, 1.82) is 0 Å². The van der Waals surface area contributed by atoms with Gasteiger partial charge in [0, 0.05) is 31.0 Å². The van der Waals surface area contributed by atoms with Crippen LogP contribution in [-0.2, 0) is 39.4 Å². The Morgan fingerprint density at radius 1 is 1.24 bits per heavy atom. The SMILES string of the molecule is COc1cccc2c1CC(C(=O)N1C[C@@H]3CCC[C@@H]3[C@H]1C(=O)NC(C[C@@H]1CCNC1=O)C(=O)COCOP(=O)(O)O)=N2. The molecule has 1 aromatic carbocycles. The molecule has 1 unspecified atom stereocenters. The Morgan fingerprint density at radius 2 is 2.05 bits per heavy atom. The fourth-order valence-electron chi connectivity index (χ4n) is 6.55. The number of rotatable bonds is 12. The summed E-state index contributed by atoms with van der Waals surface area (Å²) in [6.45, 7) is -0.574. The summed E-state index contributed by atoms with van der Waals surface area (Å²) in [5, 5.41) is 5.50. The molecule has 15 heteroatoms. The van der Waals surface area contributed by atoms with Gasteiger partial charge in [0.1, 0.15) is 24.1 Å². The molecule has 1 aromatic rings. The molecule has 0 spiro atoms. The minimum atomic E-state index is -4.79. The van der Waals surface area contributed by atoms with Crippen LogP contribution in [0.2, 0.25) is 0 Å². The van der Waals surface area contributed by atoms with Gasteiger partial charge in [-0.15, -0.1) is 0 Å². The standard InChI is InChI=1S/C27H35N4O10P/c1-39-23-7-3-6-19-18(23)11-21(29-19)27(35)31-12-16-4-2-5-17(16)24(31)26(34)30-20(10-15-8-9-28-25(15)33)22(32)13-40-14-41-42(36,37)38/h3,6-7,15-17,20,24H,2,4-5,8-14H2,1H3,(H,28,33)(H,30,34)(H2,36,37,38)/t15-,16-,17-,20?,24-/m0/s1. The highest BCUT2D eigenvalue weighted by Gasteiger charge is 2.51. The number of likely N-dealkylation sites (tertiary alicyclic amines) is 1. The van der Waals surface area contributed by atoms with Gasteiger partial charge in [0.25, 0.3) is 5.91 Å². The third-order valence-corrected chi connectivity index (χ3v) is 8.97. The van der Waals surface area contributed by atoms with Gasteiger partial charge in [-0.05, 0) is 49.7 Å². The van der Waals surface area contributed by atoms with Gasteiger partial charge >= 0.3 is 7.82 Å². The summed E-state index contributed by atoms with van der Waals surface area (Å²) in [5.41, 5.74) is 1.79. The van der Waals surface area contributed by atoms with Crippen LogP contribution in [0.4, 0.5) is 5.69 Å². The number of Topliss-reactive ketones (excluding diaryl/α,β-unsaturated/α-hetero) is 1. The lowest BCUT2D eigenvalue weighted by molar-refractivity contribution is -0.138. The number of ether oxygens (including phenoxy) is 2. The number of nitrogens with one attached hydrogen (secondary N) is 2. The summed E-state index contributed by atoms with van der Waals surface area (Å²) in [6, 6.07) is 3.49. The van der Waals surface area contributed by atoms with Crippen LogP contribution >= 0.6 is 7.82 Å². The molecule has 3 heterocycles. The van der Waals surface area contributed by atoms with Crippen LogP contribution in [0.5, 0.6) is 5.75 Å². The minimum Gasteiger partial charge on any atom is -0.496 e. The van der Waals surface area contributed by atoms with E-state index in [1.54, 1.807) is 18.1 Å². The zero-order valence-corrected chi connectivity index (χ0v) is 24.1. The normalized spacial score (nSPS) is 25.5. The first-order valence-corrected chi connectivity index (χ1v) is 15.5. The van der Waals surface area contributed by atoms with Gasteiger partial charge in [-0.1, -0.05) is 12.5 Å². The largest absolute Gasteiger partial charge is 0.496 e. The molecule has 14 nitrogen and oxygen atoms in total. The average Bonchev–Trinajstić information content (AvgIpc) is 3.73. The molecule has 228 valence electrons. The highest BCUT2D eigenvalue weighted by Crippen LogP contribution is 2.43. The molecule has 4 aliphatic rings. The van der Waals surface area contributed by atoms with E-state index < -0.39 is 50.9 Å². The lowest BCUT2D eigenvalue weighted by atomic mass is 9.92. The molecule has 1 aliphatic carbocycles. The number of phosphoric acid groups is 1. The van der Waals surface area contributed by atoms with Gasteiger partial charge < -0.3 is 34.8 Å². The molecule has 0 bridgehead atoms. The summed E-state index contributed by atoms with van der Waals surface area (Å²) < 4.78 is 25.5. The Bertz CT molecular complexity index is 1330. The number of ketones is 1. The maximum atomic E-state index is 13.9. The molecule has 2 saturated heterocycles. The van der Waals surface area contributed by atoms with Crippen molar-refractivity contribution in [2.24, 2.45) is 22.7 Å². The van der Waals surface area contributed by atoms with E-state index in [1.165, 1.54) is 0 Å². The first-order valence-electron chi connectivity index (χ1n) is 14.0. The third kappa shape index (κ3) is 6.57. The number of aliphatic imine (C=N–C) groups is 1. The fraction of sp³-hybridized carbons (Fsp3) is 0.593. The second kappa shape index (κ2) is 12.6. The van der Waals surface area contributed by atoms with Crippen LogP contribution in [0.1, 0.15) is 37.7 Å². The molecular formula is C27H35N4O10P. The van der Waals surface area contributed by atoms with Gasteiger partial charge in [0.2, 0.25) is 11.8 Å². The second-order valence-electron chi connectivity index (χ2n) is 11.1. The lowest BCUT2D eigenvalue weighted by Crippen LogP contribution is -2.54. The molecule has 1 saturated carbocycles. The Morgan fingerprint density at radius 3 is 2.76 bits per heavy atom. The number of carbonyl (C=O) groups is 4. The zero-order chi connectivity index (χ0) is 30.0. The highest BCUT2D eigenvalue weighted by atomic mass is 31.2. The van der Waals surface area contributed by atoms with Gasteiger partial charge in [-0.3, -0.25) is 23.7 Å². The molecule has 42 heavy (non-hydrogen) atoms. The van der Waals surface area contributed by atoms with Crippen molar-refractivity contribution in [3.05, 3.63) is 23.8 Å². The van der Waals surface area contributed by atoms with E-state index in [4.69, 9.17) is 19.3 Å². The number of fused-ring (bicyclic) bond motifs is 2. The van der Waals surface area contributed by atoms with Crippen molar-refractivity contribution in [3.8, 4) is 5.75 Å². The summed E-state index contributed by atoms with van der Waals surface area (Å²) in [7, 11) is -3.24. The van der Waals surface area contributed by atoms with E-state index >= 15 is 0 Å². The van der Waals surface area contributed by atoms with Gasteiger partial charge in [-0.2, -0.15) is 0 Å². The van der Waals surface area contributed by atoms with Gasteiger partial charge in [0.15, 0.2) is 12.6 Å². The third-order valence-electron chi connectivity index (χ3n) is 8.53. The van der Waals surface area contributed by atoms with E-state index in [-0.39, 0.29) is 36.5 Å². The van der Waals surface area contributed by atoms with Crippen molar-refractivity contribution < 1.29 is 47.5 Å². The molecule has 0 radical (unpaired) electrons. The Labute approximate surface area is 242 Å². The number of amides is 3. The lowest BCUT2D eigenvalue weighted by Gasteiger charge is -2.29. The summed E-state index contributed by atoms with van der Waals surface area (Å²) in [5.74, 6) is -1.44. The number of carbonyl (C=O) groups excluding carboxylic acids is 4. The highest BCUT2D eigenvalue weighted by molar-refractivity contribution is 7.46. The van der Waals surface area contributed by atoms with Crippen molar-refractivity contribution in [1.82, 2.24) is 15.5 Å². The number of hydrogen-bond donors (Lipinski definition) is 4. The molecular weight excluding hydrogens is 571 g/mol. The van der Waals surface area contributed by atoms with E-state index in [2.05, 4.69) is 20.1 Å². The zero-order valence-electron chi connectivity index (χ0n) is 23.2. The van der Waals surface area contributed by atoms with Crippen LogP contribution in [-0.4, -0.2) is 89.6 Å². The molecule has 3 aliphatic heterocycles. The molecule has 4 N–H and O–H groups in total. The molecule has 3 amide bonds. The van der Waals surface area contributed by atoms with Crippen LogP contribution < -0.4 is 15.4 Å². The Kier molecular flexibility index (Phi) is 9.09. The van der Waals surface area contributed by atoms with Crippen molar-refractivity contribution >= 4 is 42.7 Å². The van der Waals surface area contributed by atoms with Crippen LogP contribution in [0, 0.1) is 17.8 Å². The van der Waals surface area contributed by atoms with Crippen molar-refractivity contribution in [2.75, 3.05) is 33.6 Å². The van der Waals surface area contributed by atoms with Gasteiger partial charge in [-0.25, -0.2) is 9.56 Å². The van der Waals surface area contributed by atoms with E-state index in [9.17, 15) is 23.7 Å². The number of phosphoric ester groups is 1. The minimum absolute atomic E-state index is 0.0235. The predicted octanol–water partition coefficient (Wildman–Crippen LogP) is 0.614. The first kappa shape index (κ1) is 30.3. The maximum Gasteiger partial charge on any atom is 0.471 e. The predicted molar refractivity (Wildman–Crippen MR) is 147 cm³/mol. The topological polar surface area (TPSA) is 193 Å². The number of nitrogens with zero attached hydrogens (tertiary/aromatic N) is 2. The van der Waals surface area contributed by atoms with Crippen molar-refractivity contribution in [2.45, 2.75) is 50.6 Å².